The van der Waals surface area contributed by atoms with Gasteiger partial charge in [0.05, 0.1) is 5.92 Å². The van der Waals surface area contributed by atoms with Gasteiger partial charge in [0.15, 0.2) is 0 Å². The molecule has 0 aromatic heterocycles. The molecule has 1 aromatic rings. The molecule has 0 saturated heterocycles. The third kappa shape index (κ3) is 1.91. The number of amides is 1. The third-order valence-electron chi connectivity index (χ3n) is 4.10. The fraction of sp³-hybridized carbons (Fsp3) is 0.500. The fourth-order valence-electron chi connectivity index (χ4n) is 3.08. The van der Waals surface area contributed by atoms with E-state index in [-0.39, 0.29) is 17.9 Å². The van der Waals surface area contributed by atoms with Crippen molar-refractivity contribution in [1.29, 1.82) is 0 Å². The average Bonchev–Trinajstić information content (AvgIpc) is 2.94. The van der Waals surface area contributed by atoms with E-state index in [1.165, 1.54) is 5.56 Å². The van der Waals surface area contributed by atoms with Gasteiger partial charge in [0.25, 0.3) is 0 Å². The maximum Gasteiger partial charge on any atom is 0.231 e. The highest BCUT2D eigenvalue weighted by atomic mass is 35.5. The Bertz CT molecular complexity index is 489. The van der Waals surface area contributed by atoms with Gasteiger partial charge in [-0.2, -0.15) is 0 Å². The molecule has 2 N–H and O–H groups in total. The van der Waals surface area contributed by atoms with Gasteiger partial charge in [-0.3, -0.25) is 4.79 Å². The Hall–Kier alpha value is -1.06. The molecular weight excluding hydrogens is 248 g/mol. The number of benzene rings is 1. The number of hydrogen-bond donors (Lipinski definition) is 1. The number of nitrogens with two attached hydrogens (primary N) is 1. The normalized spacial score (nSPS) is 26.4. The van der Waals surface area contributed by atoms with Gasteiger partial charge in [-0.15, -0.1) is 0 Å². The Labute approximate surface area is 112 Å². The van der Waals surface area contributed by atoms with E-state index >= 15 is 0 Å². The number of hydrogen-bond acceptors (Lipinski definition) is 2. The number of carbonyl (C=O) groups excluding carboxylic acids is 1. The summed E-state index contributed by atoms with van der Waals surface area (Å²) in [5.41, 5.74) is 8.21. The molecule has 1 aromatic carbocycles. The van der Waals surface area contributed by atoms with Gasteiger partial charge in [-0.25, -0.2) is 0 Å². The second-order valence-electron chi connectivity index (χ2n) is 5.21. The summed E-state index contributed by atoms with van der Waals surface area (Å²) in [6.07, 6.45) is 3.87. The zero-order valence-electron chi connectivity index (χ0n) is 10.2. The van der Waals surface area contributed by atoms with Gasteiger partial charge in [0.1, 0.15) is 0 Å². The summed E-state index contributed by atoms with van der Waals surface area (Å²) in [7, 11) is 0. The number of anilines is 1. The van der Waals surface area contributed by atoms with Gasteiger partial charge >= 0.3 is 0 Å². The summed E-state index contributed by atoms with van der Waals surface area (Å²) in [6.45, 7) is 0.762. The standard InChI is InChI=1S/C14H17ClN2O/c15-10-5-4-9-6-7-17(13(9)8-10)14(18)11-2-1-3-12(11)16/h4-5,8,11-12H,1-3,6-7,16H2/t11-,12+/m1/s1. The lowest BCUT2D eigenvalue weighted by Crippen LogP contribution is -2.41. The Morgan fingerprint density at radius 1 is 1.39 bits per heavy atom. The van der Waals surface area contributed by atoms with Crippen LogP contribution in [0.3, 0.4) is 0 Å². The Balaban J connectivity index is 1.87. The Morgan fingerprint density at radius 3 is 2.94 bits per heavy atom. The van der Waals surface area contributed by atoms with E-state index in [1.54, 1.807) is 0 Å². The van der Waals surface area contributed by atoms with E-state index in [4.69, 9.17) is 17.3 Å². The molecule has 1 heterocycles. The molecule has 0 radical (unpaired) electrons. The number of rotatable bonds is 1. The molecule has 3 nitrogen and oxygen atoms in total. The van der Waals surface area contributed by atoms with Crippen LogP contribution in [0.5, 0.6) is 0 Å². The smallest absolute Gasteiger partial charge is 0.231 e. The summed E-state index contributed by atoms with van der Waals surface area (Å²) in [5.74, 6) is 0.177. The van der Waals surface area contributed by atoms with Crippen molar-refractivity contribution in [2.75, 3.05) is 11.4 Å². The number of fused-ring (bicyclic) bond motifs is 1. The van der Waals surface area contributed by atoms with Gasteiger partial charge < -0.3 is 10.6 Å². The molecule has 0 bridgehead atoms. The molecule has 2 atom stereocenters. The molecule has 2 aliphatic rings. The summed E-state index contributed by atoms with van der Waals surface area (Å²) >= 11 is 6.02. The Morgan fingerprint density at radius 2 is 2.22 bits per heavy atom. The molecule has 18 heavy (non-hydrogen) atoms. The monoisotopic (exact) mass is 264 g/mol. The maximum atomic E-state index is 12.5. The van der Waals surface area contributed by atoms with Crippen LogP contribution in [0.15, 0.2) is 18.2 Å². The van der Waals surface area contributed by atoms with Crippen molar-refractivity contribution in [3.05, 3.63) is 28.8 Å². The lowest BCUT2D eigenvalue weighted by Gasteiger charge is -2.23. The predicted molar refractivity (Wildman–Crippen MR) is 72.8 cm³/mol. The van der Waals surface area contributed by atoms with Crippen molar-refractivity contribution >= 4 is 23.2 Å². The molecule has 1 aliphatic carbocycles. The number of nitrogens with zero attached hydrogens (tertiary/aromatic N) is 1. The molecule has 96 valence electrons. The summed E-state index contributed by atoms with van der Waals surface area (Å²) in [5, 5.41) is 0.684. The number of halogens is 1. The van der Waals surface area contributed by atoms with Gasteiger partial charge in [0.2, 0.25) is 5.91 Å². The van der Waals surface area contributed by atoms with Crippen LogP contribution in [0.25, 0.3) is 0 Å². The first-order chi connectivity index (χ1) is 8.66. The van der Waals surface area contributed by atoms with Crippen LogP contribution in [-0.2, 0) is 11.2 Å². The molecule has 0 spiro atoms. The second kappa shape index (κ2) is 4.56. The van der Waals surface area contributed by atoms with Crippen molar-refractivity contribution in [3.63, 3.8) is 0 Å². The van der Waals surface area contributed by atoms with Crippen molar-refractivity contribution in [2.24, 2.45) is 11.7 Å². The first-order valence-electron chi connectivity index (χ1n) is 6.52. The molecular formula is C14H17ClN2O. The number of carbonyl (C=O) groups is 1. The molecule has 1 saturated carbocycles. The zero-order valence-corrected chi connectivity index (χ0v) is 11.0. The molecule has 1 fully saturated rings. The highest BCUT2D eigenvalue weighted by Gasteiger charge is 2.36. The van der Waals surface area contributed by atoms with Crippen LogP contribution < -0.4 is 10.6 Å². The van der Waals surface area contributed by atoms with Crippen molar-refractivity contribution in [2.45, 2.75) is 31.7 Å². The van der Waals surface area contributed by atoms with Gasteiger partial charge in [0, 0.05) is 23.3 Å². The first kappa shape index (κ1) is 12.0. The minimum atomic E-state index is -0.00469. The van der Waals surface area contributed by atoms with Gasteiger partial charge in [-0.05, 0) is 37.0 Å². The van der Waals surface area contributed by atoms with E-state index in [9.17, 15) is 4.79 Å². The summed E-state index contributed by atoms with van der Waals surface area (Å²) in [6, 6.07) is 5.82. The van der Waals surface area contributed by atoms with Crippen LogP contribution in [-0.4, -0.2) is 18.5 Å². The summed E-state index contributed by atoms with van der Waals surface area (Å²) < 4.78 is 0. The van der Waals surface area contributed by atoms with E-state index in [0.29, 0.717) is 5.02 Å². The van der Waals surface area contributed by atoms with Crippen LogP contribution in [0.4, 0.5) is 5.69 Å². The lowest BCUT2D eigenvalue weighted by atomic mass is 10.0. The van der Waals surface area contributed by atoms with E-state index in [0.717, 1.165) is 37.9 Å². The minimum absolute atomic E-state index is 0.00469. The first-order valence-corrected chi connectivity index (χ1v) is 6.90. The van der Waals surface area contributed by atoms with E-state index < -0.39 is 0 Å². The molecule has 3 rings (SSSR count). The van der Waals surface area contributed by atoms with Crippen molar-refractivity contribution < 1.29 is 4.79 Å². The van der Waals surface area contributed by atoms with Crippen LogP contribution >= 0.6 is 11.6 Å². The maximum absolute atomic E-state index is 12.5. The van der Waals surface area contributed by atoms with Crippen LogP contribution in [0, 0.1) is 5.92 Å². The average molecular weight is 265 g/mol. The molecule has 1 amide bonds. The topological polar surface area (TPSA) is 46.3 Å². The van der Waals surface area contributed by atoms with Gasteiger partial charge in [-0.1, -0.05) is 24.1 Å². The quantitative estimate of drug-likeness (QED) is 0.846. The Kier molecular flexibility index (Phi) is 3.04. The third-order valence-corrected chi connectivity index (χ3v) is 4.33. The zero-order chi connectivity index (χ0) is 12.7. The predicted octanol–water partition coefficient (Wildman–Crippen LogP) is 2.36. The molecule has 1 aliphatic heterocycles. The van der Waals surface area contributed by atoms with Crippen molar-refractivity contribution in [3.8, 4) is 0 Å². The highest BCUT2D eigenvalue weighted by molar-refractivity contribution is 6.31. The largest absolute Gasteiger partial charge is 0.327 e. The van der Waals surface area contributed by atoms with E-state index in [1.807, 2.05) is 23.1 Å². The van der Waals surface area contributed by atoms with Crippen LogP contribution in [0.2, 0.25) is 5.02 Å². The minimum Gasteiger partial charge on any atom is -0.327 e. The fourth-order valence-corrected chi connectivity index (χ4v) is 3.24. The lowest BCUT2D eigenvalue weighted by molar-refractivity contribution is -0.122. The van der Waals surface area contributed by atoms with Crippen molar-refractivity contribution in [1.82, 2.24) is 0 Å². The highest BCUT2D eigenvalue weighted by Crippen LogP contribution is 2.34. The second-order valence-corrected chi connectivity index (χ2v) is 5.65. The SMILES string of the molecule is N[C@H]1CCC[C@H]1C(=O)N1CCc2ccc(Cl)cc21. The van der Waals surface area contributed by atoms with Crippen LogP contribution in [0.1, 0.15) is 24.8 Å². The molecule has 0 unspecified atom stereocenters. The van der Waals surface area contributed by atoms with E-state index in [2.05, 4.69) is 0 Å². The summed E-state index contributed by atoms with van der Waals surface area (Å²) in [4.78, 5) is 14.4. The molecule has 4 heteroatoms.